The summed E-state index contributed by atoms with van der Waals surface area (Å²) >= 11 is 0. The molecule has 1 atom stereocenters. The van der Waals surface area contributed by atoms with Gasteiger partial charge in [0.05, 0.1) is 0 Å². The molecule has 0 aromatic carbocycles. The van der Waals surface area contributed by atoms with Crippen LogP contribution >= 0.6 is 0 Å². The molecule has 0 bridgehead atoms. The Labute approximate surface area is 88.7 Å². The molecule has 1 aliphatic carbocycles. The van der Waals surface area contributed by atoms with Crippen molar-refractivity contribution in [3.63, 3.8) is 0 Å². The van der Waals surface area contributed by atoms with Gasteiger partial charge in [0.1, 0.15) is 0 Å². The first-order valence-electron chi connectivity index (χ1n) is 6.46. The third kappa shape index (κ3) is 1.71. The molecule has 0 aromatic heterocycles. The molecule has 0 radical (unpaired) electrons. The molecule has 0 aromatic rings. The third-order valence-electron chi connectivity index (χ3n) is 4.81. The highest BCUT2D eigenvalue weighted by atomic mass is 14.9. The van der Waals surface area contributed by atoms with E-state index < -0.39 is 0 Å². The zero-order valence-electron chi connectivity index (χ0n) is 9.81. The van der Waals surface area contributed by atoms with Gasteiger partial charge in [0, 0.05) is 0 Å². The van der Waals surface area contributed by atoms with Crippen molar-refractivity contribution in [2.75, 3.05) is 13.1 Å². The highest BCUT2D eigenvalue weighted by Crippen LogP contribution is 2.49. The van der Waals surface area contributed by atoms with Gasteiger partial charge in [-0.1, -0.05) is 33.1 Å². The molecular weight excluding hydrogens is 170 g/mol. The topological polar surface area (TPSA) is 12.0 Å². The largest absolute Gasteiger partial charge is 0.316 e. The zero-order valence-corrected chi connectivity index (χ0v) is 9.81. The van der Waals surface area contributed by atoms with Crippen LogP contribution in [-0.4, -0.2) is 13.1 Å². The van der Waals surface area contributed by atoms with Crippen LogP contribution in [0.2, 0.25) is 0 Å². The van der Waals surface area contributed by atoms with Crippen LogP contribution in [0.3, 0.4) is 0 Å². The summed E-state index contributed by atoms with van der Waals surface area (Å²) in [6, 6.07) is 0. The van der Waals surface area contributed by atoms with Crippen molar-refractivity contribution >= 4 is 0 Å². The Bertz CT molecular complexity index is 174. The average Bonchev–Trinajstić information content (AvgIpc) is 2.72. The molecule has 1 nitrogen and oxygen atoms in total. The highest BCUT2D eigenvalue weighted by molar-refractivity contribution is 4.94. The second kappa shape index (κ2) is 4.22. The van der Waals surface area contributed by atoms with Crippen LogP contribution in [-0.2, 0) is 0 Å². The summed E-state index contributed by atoms with van der Waals surface area (Å²) in [6.45, 7) is 7.45. The first-order chi connectivity index (χ1) is 6.76. The Kier molecular flexibility index (Phi) is 3.16. The van der Waals surface area contributed by atoms with Gasteiger partial charge in [-0.3, -0.25) is 0 Å². The normalized spacial score (nSPS) is 32.4. The van der Waals surface area contributed by atoms with Crippen molar-refractivity contribution < 1.29 is 0 Å². The molecule has 1 unspecified atom stereocenters. The molecule has 2 aliphatic rings. The molecule has 1 saturated carbocycles. The lowest BCUT2D eigenvalue weighted by atomic mass is 9.60. The van der Waals surface area contributed by atoms with Crippen LogP contribution in [0.4, 0.5) is 0 Å². The van der Waals surface area contributed by atoms with E-state index >= 15 is 0 Å². The summed E-state index contributed by atoms with van der Waals surface area (Å²) in [5.41, 5.74) is 0.696. The van der Waals surface area contributed by atoms with Crippen LogP contribution in [0.1, 0.15) is 52.4 Å². The monoisotopic (exact) mass is 195 g/mol. The first-order valence-corrected chi connectivity index (χ1v) is 6.46. The predicted molar refractivity (Wildman–Crippen MR) is 61.3 cm³/mol. The Morgan fingerprint density at radius 1 is 1.14 bits per heavy atom. The number of hydrogen-bond donors (Lipinski definition) is 1. The Morgan fingerprint density at radius 2 is 1.86 bits per heavy atom. The molecule has 14 heavy (non-hydrogen) atoms. The standard InChI is InChI=1S/C13H25N/c1-11(2)13(7-4-3-5-8-13)12-6-9-14-10-12/h11-12,14H,3-10H2,1-2H3. The van der Waals surface area contributed by atoms with Crippen LogP contribution < -0.4 is 5.32 Å². The Hall–Kier alpha value is -0.0400. The van der Waals surface area contributed by atoms with Gasteiger partial charge in [-0.2, -0.15) is 0 Å². The third-order valence-corrected chi connectivity index (χ3v) is 4.81. The van der Waals surface area contributed by atoms with Gasteiger partial charge >= 0.3 is 0 Å². The van der Waals surface area contributed by atoms with Crippen LogP contribution in [0.5, 0.6) is 0 Å². The molecule has 1 heterocycles. The van der Waals surface area contributed by atoms with Gasteiger partial charge in [0.25, 0.3) is 0 Å². The fourth-order valence-corrected chi connectivity index (χ4v) is 3.81. The molecule has 0 spiro atoms. The van der Waals surface area contributed by atoms with Crippen LogP contribution in [0.15, 0.2) is 0 Å². The molecule has 2 fully saturated rings. The van der Waals surface area contributed by atoms with Gasteiger partial charge in [0.2, 0.25) is 0 Å². The van der Waals surface area contributed by atoms with Gasteiger partial charge in [-0.05, 0) is 49.6 Å². The second-order valence-electron chi connectivity index (χ2n) is 5.64. The van der Waals surface area contributed by atoms with Gasteiger partial charge < -0.3 is 5.32 Å². The number of hydrogen-bond acceptors (Lipinski definition) is 1. The Balaban J connectivity index is 2.11. The van der Waals surface area contributed by atoms with Crippen molar-refractivity contribution in [1.82, 2.24) is 5.32 Å². The lowest BCUT2D eigenvalue weighted by molar-refractivity contribution is 0.0498. The summed E-state index contributed by atoms with van der Waals surface area (Å²) in [5.74, 6) is 1.86. The maximum Gasteiger partial charge on any atom is -0.00146 e. The lowest BCUT2D eigenvalue weighted by Crippen LogP contribution is -2.38. The highest BCUT2D eigenvalue weighted by Gasteiger charge is 2.42. The summed E-state index contributed by atoms with van der Waals surface area (Å²) < 4.78 is 0. The minimum absolute atomic E-state index is 0.696. The maximum atomic E-state index is 3.55. The smallest absolute Gasteiger partial charge is 0.00146 e. The van der Waals surface area contributed by atoms with E-state index in [2.05, 4.69) is 19.2 Å². The second-order valence-corrected chi connectivity index (χ2v) is 5.64. The van der Waals surface area contributed by atoms with Crippen molar-refractivity contribution in [3.05, 3.63) is 0 Å². The summed E-state index contributed by atoms with van der Waals surface area (Å²) in [7, 11) is 0. The van der Waals surface area contributed by atoms with E-state index in [-0.39, 0.29) is 0 Å². The van der Waals surface area contributed by atoms with Crippen molar-refractivity contribution in [3.8, 4) is 0 Å². The quantitative estimate of drug-likeness (QED) is 0.713. The molecule has 2 rings (SSSR count). The average molecular weight is 195 g/mol. The van der Waals surface area contributed by atoms with Gasteiger partial charge in [0.15, 0.2) is 0 Å². The molecule has 1 heteroatoms. The molecule has 1 saturated heterocycles. The molecule has 1 N–H and O–H groups in total. The zero-order chi connectivity index (χ0) is 10.0. The predicted octanol–water partition coefficient (Wildman–Crippen LogP) is 3.20. The van der Waals surface area contributed by atoms with E-state index in [1.807, 2.05) is 0 Å². The van der Waals surface area contributed by atoms with Gasteiger partial charge in [-0.25, -0.2) is 0 Å². The Morgan fingerprint density at radius 3 is 2.36 bits per heavy atom. The SMILES string of the molecule is CC(C)C1(C2CCNC2)CCCCC1. The van der Waals surface area contributed by atoms with Crippen molar-refractivity contribution in [2.45, 2.75) is 52.4 Å². The van der Waals surface area contributed by atoms with Crippen LogP contribution in [0.25, 0.3) is 0 Å². The van der Waals surface area contributed by atoms with Crippen LogP contribution in [0, 0.1) is 17.3 Å². The fraction of sp³-hybridized carbons (Fsp3) is 1.00. The summed E-state index contributed by atoms with van der Waals surface area (Å²) in [6.07, 6.45) is 8.87. The maximum absolute atomic E-state index is 3.55. The molecule has 82 valence electrons. The van der Waals surface area contributed by atoms with E-state index in [0.717, 1.165) is 11.8 Å². The van der Waals surface area contributed by atoms with Crippen molar-refractivity contribution in [1.29, 1.82) is 0 Å². The first kappa shape index (κ1) is 10.5. The van der Waals surface area contributed by atoms with Gasteiger partial charge in [-0.15, -0.1) is 0 Å². The fourth-order valence-electron chi connectivity index (χ4n) is 3.81. The minimum Gasteiger partial charge on any atom is -0.316 e. The molecule has 1 aliphatic heterocycles. The molecular formula is C13H25N. The van der Waals surface area contributed by atoms with E-state index in [0.29, 0.717) is 5.41 Å². The summed E-state index contributed by atoms with van der Waals surface area (Å²) in [5, 5.41) is 3.55. The number of rotatable bonds is 2. The van der Waals surface area contributed by atoms with E-state index in [1.165, 1.54) is 51.6 Å². The van der Waals surface area contributed by atoms with E-state index in [9.17, 15) is 0 Å². The van der Waals surface area contributed by atoms with E-state index in [1.54, 1.807) is 0 Å². The minimum atomic E-state index is 0.696. The summed E-state index contributed by atoms with van der Waals surface area (Å²) in [4.78, 5) is 0. The van der Waals surface area contributed by atoms with E-state index in [4.69, 9.17) is 0 Å². The number of nitrogens with one attached hydrogen (secondary N) is 1. The lowest BCUT2D eigenvalue weighted by Gasteiger charge is -2.45. The molecule has 0 amide bonds. The van der Waals surface area contributed by atoms with Crippen molar-refractivity contribution in [2.24, 2.45) is 17.3 Å².